The summed E-state index contributed by atoms with van der Waals surface area (Å²) >= 11 is 0.722. The van der Waals surface area contributed by atoms with E-state index in [0.717, 1.165) is 24.4 Å². The number of nitrogens with zero attached hydrogens (tertiary/aromatic N) is 2. The summed E-state index contributed by atoms with van der Waals surface area (Å²) in [6.07, 6.45) is 2.62. The molecular formula is C22H30FN5O3S. The van der Waals surface area contributed by atoms with Gasteiger partial charge >= 0.3 is 0 Å². The highest BCUT2D eigenvalue weighted by atomic mass is 32.1. The van der Waals surface area contributed by atoms with Crippen LogP contribution in [-0.4, -0.2) is 34.7 Å². The van der Waals surface area contributed by atoms with Crippen molar-refractivity contribution in [2.75, 3.05) is 17.2 Å². The molecule has 0 saturated carbocycles. The first kappa shape index (κ1) is 25.3. The van der Waals surface area contributed by atoms with Crippen molar-refractivity contribution in [2.24, 2.45) is 11.7 Å². The van der Waals surface area contributed by atoms with Crippen LogP contribution in [0.25, 0.3) is 0 Å². The van der Waals surface area contributed by atoms with Crippen LogP contribution >= 0.6 is 11.5 Å². The smallest absolute Gasteiger partial charge is 0.272 e. The predicted octanol–water partition coefficient (Wildman–Crippen LogP) is 3.33. The summed E-state index contributed by atoms with van der Waals surface area (Å²) < 4.78 is 17.9. The number of nitrogen functional groups attached to an aromatic ring is 1. The Hall–Kier alpha value is -3.01. The van der Waals surface area contributed by atoms with Gasteiger partial charge in [-0.2, -0.15) is 4.37 Å². The fourth-order valence-corrected chi connectivity index (χ4v) is 3.92. The third kappa shape index (κ3) is 6.25. The van der Waals surface area contributed by atoms with Crippen LogP contribution in [0.15, 0.2) is 24.3 Å². The molecule has 1 aromatic heterocycles. The summed E-state index contributed by atoms with van der Waals surface area (Å²) in [5, 5.41) is 2.89. The Balaban J connectivity index is 2.50. The van der Waals surface area contributed by atoms with Gasteiger partial charge in [0.25, 0.3) is 11.8 Å². The Morgan fingerprint density at radius 2 is 1.97 bits per heavy atom. The summed E-state index contributed by atoms with van der Waals surface area (Å²) in [5.41, 5.74) is 11.1. The van der Waals surface area contributed by atoms with Gasteiger partial charge in [-0.05, 0) is 48.5 Å². The monoisotopic (exact) mass is 463 g/mol. The number of nitrogens with one attached hydrogen (secondary N) is 1. The van der Waals surface area contributed by atoms with Crippen molar-refractivity contribution in [2.45, 2.75) is 52.5 Å². The van der Waals surface area contributed by atoms with Gasteiger partial charge in [-0.15, -0.1) is 0 Å². The van der Waals surface area contributed by atoms with E-state index in [1.807, 2.05) is 20.8 Å². The SMILES string of the molecule is CCCCC(C(=O)NCCC(C)C)N(C(=O)c1snc(C(N)=O)c1N)c1cccc(F)c1. The molecule has 0 aliphatic heterocycles. The Labute approximate surface area is 191 Å². The number of hydrogen-bond donors (Lipinski definition) is 3. The van der Waals surface area contributed by atoms with Crippen LogP contribution in [0.1, 0.15) is 66.6 Å². The van der Waals surface area contributed by atoms with E-state index in [1.165, 1.54) is 23.1 Å². The molecule has 1 heterocycles. The molecule has 5 N–H and O–H groups in total. The number of rotatable bonds is 11. The second-order valence-electron chi connectivity index (χ2n) is 7.92. The number of primary amides is 1. The Morgan fingerprint density at radius 3 is 2.53 bits per heavy atom. The third-order valence-electron chi connectivity index (χ3n) is 4.93. The summed E-state index contributed by atoms with van der Waals surface area (Å²) in [6.45, 7) is 6.53. The maximum atomic E-state index is 14.1. The molecule has 2 aromatic rings. The largest absolute Gasteiger partial charge is 0.395 e. The molecule has 0 radical (unpaired) electrons. The van der Waals surface area contributed by atoms with Gasteiger partial charge in [0, 0.05) is 12.2 Å². The van der Waals surface area contributed by atoms with Crippen LogP contribution < -0.4 is 21.7 Å². The lowest BCUT2D eigenvalue weighted by Crippen LogP contribution is -2.50. The van der Waals surface area contributed by atoms with Crippen LogP contribution in [-0.2, 0) is 4.79 Å². The number of nitrogens with two attached hydrogens (primary N) is 2. The molecule has 0 bridgehead atoms. The van der Waals surface area contributed by atoms with Gasteiger partial charge in [0.1, 0.15) is 16.7 Å². The van der Waals surface area contributed by atoms with E-state index >= 15 is 0 Å². The van der Waals surface area contributed by atoms with E-state index in [-0.39, 0.29) is 27.9 Å². The molecule has 3 amide bonds. The van der Waals surface area contributed by atoms with E-state index in [9.17, 15) is 18.8 Å². The lowest BCUT2D eigenvalue weighted by molar-refractivity contribution is -0.122. The minimum absolute atomic E-state index is 0.0282. The zero-order chi connectivity index (χ0) is 23.8. The van der Waals surface area contributed by atoms with Crippen molar-refractivity contribution in [3.8, 4) is 0 Å². The molecule has 0 saturated heterocycles. The zero-order valence-electron chi connectivity index (χ0n) is 18.6. The predicted molar refractivity (Wildman–Crippen MR) is 124 cm³/mol. The standard InChI is InChI=1S/C22H30FN5O3S/c1-4-5-9-16(21(30)26-11-10-13(2)3)28(15-8-6-7-14(23)12-15)22(31)19-17(24)18(20(25)29)27-32-19/h6-8,12-13,16H,4-5,9-11,24H2,1-3H3,(H2,25,29)(H,26,30). The molecular weight excluding hydrogens is 433 g/mol. The first-order valence-corrected chi connectivity index (χ1v) is 11.4. The highest BCUT2D eigenvalue weighted by Crippen LogP contribution is 2.29. The number of aromatic nitrogens is 1. The van der Waals surface area contributed by atoms with E-state index in [4.69, 9.17) is 11.5 Å². The van der Waals surface area contributed by atoms with E-state index in [0.29, 0.717) is 25.3 Å². The summed E-state index contributed by atoms with van der Waals surface area (Å²) in [6, 6.07) is 4.55. The first-order valence-electron chi connectivity index (χ1n) is 10.6. The molecule has 1 atom stereocenters. The van der Waals surface area contributed by atoms with E-state index in [2.05, 4.69) is 9.69 Å². The van der Waals surface area contributed by atoms with E-state index < -0.39 is 23.7 Å². The molecule has 10 heteroatoms. The molecule has 8 nitrogen and oxygen atoms in total. The number of hydrogen-bond acceptors (Lipinski definition) is 6. The molecule has 32 heavy (non-hydrogen) atoms. The summed E-state index contributed by atoms with van der Waals surface area (Å²) in [4.78, 5) is 39.5. The maximum absolute atomic E-state index is 14.1. The minimum atomic E-state index is -0.894. The third-order valence-corrected chi connectivity index (χ3v) is 5.78. The highest BCUT2D eigenvalue weighted by Gasteiger charge is 2.34. The minimum Gasteiger partial charge on any atom is -0.395 e. The quantitative estimate of drug-likeness (QED) is 0.470. The van der Waals surface area contributed by atoms with Gasteiger partial charge in [-0.25, -0.2) is 4.39 Å². The van der Waals surface area contributed by atoms with Crippen LogP contribution in [0, 0.1) is 11.7 Å². The molecule has 1 aromatic carbocycles. The topological polar surface area (TPSA) is 131 Å². The van der Waals surface area contributed by atoms with Gasteiger partial charge in [0.05, 0.1) is 5.69 Å². The van der Waals surface area contributed by atoms with E-state index in [1.54, 1.807) is 6.07 Å². The van der Waals surface area contributed by atoms with Crippen LogP contribution in [0.2, 0.25) is 0 Å². The fourth-order valence-electron chi connectivity index (χ4n) is 3.18. The zero-order valence-corrected chi connectivity index (χ0v) is 19.4. The van der Waals surface area contributed by atoms with Gasteiger partial charge in [0.15, 0.2) is 5.69 Å². The molecule has 0 aliphatic carbocycles. The van der Waals surface area contributed by atoms with Gasteiger partial charge in [-0.3, -0.25) is 19.3 Å². The van der Waals surface area contributed by atoms with Crippen molar-refractivity contribution >= 4 is 40.6 Å². The molecule has 0 spiro atoms. The van der Waals surface area contributed by atoms with Crippen molar-refractivity contribution in [1.82, 2.24) is 9.69 Å². The van der Waals surface area contributed by atoms with Crippen molar-refractivity contribution in [3.05, 3.63) is 40.7 Å². The van der Waals surface area contributed by atoms with Gasteiger partial charge in [-0.1, -0.05) is 39.7 Å². The van der Waals surface area contributed by atoms with Crippen LogP contribution in [0.4, 0.5) is 15.8 Å². The van der Waals surface area contributed by atoms with Gasteiger partial charge in [0.2, 0.25) is 5.91 Å². The normalized spacial score (nSPS) is 11.9. The molecule has 2 rings (SSSR count). The molecule has 1 unspecified atom stereocenters. The van der Waals surface area contributed by atoms with Crippen molar-refractivity contribution in [1.29, 1.82) is 0 Å². The molecule has 174 valence electrons. The lowest BCUT2D eigenvalue weighted by atomic mass is 10.0. The molecule has 0 fully saturated rings. The second kappa shape index (κ2) is 11.6. The average Bonchev–Trinajstić information content (AvgIpc) is 3.11. The summed E-state index contributed by atoms with van der Waals surface area (Å²) in [5.74, 6) is -1.99. The number of amides is 3. The van der Waals surface area contributed by atoms with Crippen LogP contribution in [0.5, 0.6) is 0 Å². The Bertz CT molecular complexity index is 963. The number of anilines is 2. The average molecular weight is 464 g/mol. The Kier molecular flexibility index (Phi) is 9.13. The highest BCUT2D eigenvalue weighted by molar-refractivity contribution is 7.09. The summed E-state index contributed by atoms with van der Waals surface area (Å²) in [7, 11) is 0. The number of benzene rings is 1. The number of carbonyl (C=O) groups excluding carboxylic acids is 3. The fraction of sp³-hybridized carbons (Fsp3) is 0.455. The molecule has 0 aliphatic rings. The van der Waals surface area contributed by atoms with Crippen molar-refractivity contribution in [3.63, 3.8) is 0 Å². The number of unbranched alkanes of at least 4 members (excludes halogenated alkanes) is 1. The first-order chi connectivity index (χ1) is 15.2. The van der Waals surface area contributed by atoms with Gasteiger partial charge < -0.3 is 16.8 Å². The van der Waals surface area contributed by atoms with Crippen LogP contribution in [0.3, 0.4) is 0 Å². The number of halogens is 1. The number of carbonyl (C=O) groups is 3. The Morgan fingerprint density at radius 1 is 1.25 bits per heavy atom. The lowest BCUT2D eigenvalue weighted by Gasteiger charge is -2.31. The van der Waals surface area contributed by atoms with Crippen molar-refractivity contribution < 1.29 is 18.8 Å². The second-order valence-corrected chi connectivity index (χ2v) is 8.70. The maximum Gasteiger partial charge on any atom is 0.272 e.